The summed E-state index contributed by atoms with van der Waals surface area (Å²) in [5.74, 6) is 0.892. The van der Waals surface area contributed by atoms with Gasteiger partial charge in [0.05, 0.1) is 6.33 Å². The molecule has 0 radical (unpaired) electrons. The molecule has 2 N–H and O–H groups in total. The van der Waals surface area contributed by atoms with Crippen LogP contribution in [0.25, 0.3) is 33.5 Å². The molecule has 3 aromatic heterocycles. The molecule has 0 fully saturated rings. The first-order valence-electron chi connectivity index (χ1n) is 10.2. The smallest absolute Gasteiger partial charge is 0.194 e. The van der Waals surface area contributed by atoms with E-state index in [1.54, 1.807) is 6.33 Å². The Morgan fingerprint density at radius 1 is 0.900 bits per heavy atom. The maximum atomic E-state index is 4.78. The van der Waals surface area contributed by atoms with Gasteiger partial charge >= 0.3 is 0 Å². The number of H-pyrrole nitrogens is 2. The van der Waals surface area contributed by atoms with E-state index in [2.05, 4.69) is 94.3 Å². The highest BCUT2D eigenvalue weighted by molar-refractivity contribution is 5.78. The van der Waals surface area contributed by atoms with E-state index in [4.69, 9.17) is 4.98 Å². The topological polar surface area (TPSA) is 61.2 Å². The highest BCUT2D eigenvalue weighted by Gasteiger charge is 2.11. The molecule has 0 saturated carbocycles. The standard InChI is InChI=1S/C25H23N5/c1-17-3-4-21(13-18(17)2)19-5-7-20(8-6-19)25-28-23-10-12-30(15-24(23)29-25)11-9-22-14-26-16-27-22/h3-8,10,12-16H,9,11H2,1-2H3,(H,26,27)/p+1. The van der Waals surface area contributed by atoms with Crippen LogP contribution in [0.15, 0.2) is 73.4 Å². The van der Waals surface area contributed by atoms with Crippen LogP contribution >= 0.6 is 0 Å². The van der Waals surface area contributed by atoms with Crippen LogP contribution in [0.1, 0.15) is 16.8 Å². The minimum Gasteiger partial charge on any atom is -0.348 e. The maximum Gasteiger partial charge on any atom is 0.194 e. The van der Waals surface area contributed by atoms with Crippen LogP contribution in [-0.4, -0.2) is 19.9 Å². The van der Waals surface area contributed by atoms with Crippen molar-refractivity contribution < 1.29 is 4.57 Å². The van der Waals surface area contributed by atoms with Crippen molar-refractivity contribution in [2.45, 2.75) is 26.8 Å². The monoisotopic (exact) mass is 394 g/mol. The number of benzene rings is 2. The molecule has 0 spiro atoms. The Hall–Kier alpha value is -3.73. The van der Waals surface area contributed by atoms with Crippen molar-refractivity contribution >= 4 is 11.0 Å². The Balaban J connectivity index is 1.38. The molecule has 2 aromatic carbocycles. The SMILES string of the molecule is Cc1ccc(-c2ccc(-c3nc4cc[n+](CCc5cnc[nH]5)cc4[nH]3)cc2)cc1C. The number of nitrogens with one attached hydrogen (secondary N) is 2. The number of fused-ring (bicyclic) bond motifs is 1. The molecular weight excluding hydrogens is 370 g/mol. The quantitative estimate of drug-likeness (QED) is 0.422. The summed E-state index contributed by atoms with van der Waals surface area (Å²) in [5, 5.41) is 0. The largest absolute Gasteiger partial charge is 0.348 e. The number of rotatable bonds is 5. The Morgan fingerprint density at radius 3 is 2.47 bits per heavy atom. The van der Waals surface area contributed by atoms with Gasteiger partial charge in [-0.2, -0.15) is 0 Å². The summed E-state index contributed by atoms with van der Waals surface area (Å²) in [7, 11) is 0. The molecule has 0 saturated heterocycles. The zero-order chi connectivity index (χ0) is 20.5. The highest BCUT2D eigenvalue weighted by atomic mass is 15.0. The molecule has 148 valence electrons. The molecule has 5 heteroatoms. The second-order valence-corrected chi connectivity index (χ2v) is 7.77. The third-order valence-electron chi connectivity index (χ3n) is 5.67. The minimum atomic E-state index is 0.886. The van der Waals surface area contributed by atoms with Crippen molar-refractivity contribution in [3.8, 4) is 22.5 Å². The predicted molar refractivity (Wildman–Crippen MR) is 119 cm³/mol. The molecule has 5 rings (SSSR count). The number of aromatic nitrogens is 5. The number of pyridine rings is 1. The van der Waals surface area contributed by atoms with E-state index in [0.717, 1.165) is 41.1 Å². The first-order valence-corrected chi connectivity index (χ1v) is 10.2. The van der Waals surface area contributed by atoms with Crippen LogP contribution in [0.3, 0.4) is 0 Å². The molecule has 0 bridgehead atoms. The fourth-order valence-electron chi connectivity index (χ4n) is 3.69. The van der Waals surface area contributed by atoms with E-state index in [1.165, 1.54) is 22.3 Å². The molecule has 5 nitrogen and oxygen atoms in total. The van der Waals surface area contributed by atoms with Gasteiger partial charge in [0.25, 0.3) is 0 Å². The average Bonchev–Trinajstić information content (AvgIpc) is 3.44. The fraction of sp³-hybridized carbons (Fsp3) is 0.160. The van der Waals surface area contributed by atoms with Gasteiger partial charge in [0.15, 0.2) is 18.9 Å². The average molecular weight is 395 g/mol. The van der Waals surface area contributed by atoms with Crippen LogP contribution < -0.4 is 4.57 Å². The second-order valence-electron chi connectivity index (χ2n) is 7.77. The number of aromatic amines is 2. The number of hydrogen-bond acceptors (Lipinski definition) is 2. The van der Waals surface area contributed by atoms with E-state index in [1.807, 2.05) is 6.20 Å². The highest BCUT2D eigenvalue weighted by Crippen LogP contribution is 2.26. The lowest BCUT2D eigenvalue weighted by Crippen LogP contribution is -2.33. The van der Waals surface area contributed by atoms with E-state index < -0.39 is 0 Å². The number of nitrogens with zero attached hydrogens (tertiary/aromatic N) is 3. The Morgan fingerprint density at radius 2 is 1.70 bits per heavy atom. The third-order valence-corrected chi connectivity index (χ3v) is 5.67. The second kappa shape index (κ2) is 7.59. The summed E-state index contributed by atoms with van der Waals surface area (Å²) in [5.41, 5.74) is 9.33. The van der Waals surface area contributed by atoms with Crippen LogP contribution in [0.5, 0.6) is 0 Å². The molecule has 0 aliphatic carbocycles. The van der Waals surface area contributed by atoms with Gasteiger partial charge < -0.3 is 9.97 Å². The first kappa shape index (κ1) is 18.3. The van der Waals surface area contributed by atoms with Crippen molar-refractivity contribution in [2.24, 2.45) is 0 Å². The summed E-state index contributed by atoms with van der Waals surface area (Å²) in [6.07, 6.45) is 8.69. The van der Waals surface area contributed by atoms with Gasteiger partial charge in [-0.05, 0) is 36.1 Å². The molecule has 0 aliphatic heterocycles. The molecule has 0 unspecified atom stereocenters. The van der Waals surface area contributed by atoms with Crippen LogP contribution in [0.2, 0.25) is 0 Å². The summed E-state index contributed by atoms with van der Waals surface area (Å²) < 4.78 is 2.17. The Kier molecular flexibility index (Phi) is 4.64. The van der Waals surface area contributed by atoms with Crippen LogP contribution in [0.4, 0.5) is 0 Å². The molecular formula is C25H24N5+. The zero-order valence-electron chi connectivity index (χ0n) is 17.2. The van der Waals surface area contributed by atoms with Gasteiger partial charge in [-0.1, -0.05) is 42.5 Å². The van der Waals surface area contributed by atoms with E-state index in [0.29, 0.717) is 0 Å². The Bertz CT molecular complexity index is 1300. The maximum absolute atomic E-state index is 4.78. The van der Waals surface area contributed by atoms with Gasteiger partial charge in [0.1, 0.15) is 16.9 Å². The zero-order valence-corrected chi connectivity index (χ0v) is 17.2. The summed E-state index contributed by atoms with van der Waals surface area (Å²) in [4.78, 5) is 15.5. The van der Waals surface area contributed by atoms with Crippen molar-refractivity contribution in [1.82, 2.24) is 19.9 Å². The normalized spacial score (nSPS) is 11.3. The predicted octanol–water partition coefficient (Wildman–Crippen LogP) is 4.77. The lowest BCUT2D eigenvalue weighted by Gasteiger charge is -2.06. The summed E-state index contributed by atoms with van der Waals surface area (Å²) >= 11 is 0. The minimum absolute atomic E-state index is 0.886. The van der Waals surface area contributed by atoms with E-state index >= 15 is 0 Å². The number of hydrogen-bond donors (Lipinski definition) is 2. The first-order chi connectivity index (χ1) is 14.7. The third kappa shape index (κ3) is 3.62. The van der Waals surface area contributed by atoms with Crippen molar-refractivity contribution in [3.63, 3.8) is 0 Å². The molecule has 0 aliphatic rings. The van der Waals surface area contributed by atoms with Gasteiger partial charge in [-0.3, -0.25) is 0 Å². The number of aryl methyl sites for hydroxylation is 4. The van der Waals surface area contributed by atoms with Gasteiger partial charge in [-0.15, -0.1) is 0 Å². The Labute approximate surface area is 175 Å². The van der Waals surface area contributed by atoms with E-state index in [9.17, 15) is 0 Å². The van der Waals surface area contributed by atoms with Crippen molar-refractivity contribution in [1.29, 1.82) is 0 Å². The molecule has 0 amide bonds. The van der Waals surface area contributed by atoms with Gasteiger partial charge in [0, 0.05) is 29.9 Å². The molecule has 5 aromatic rings. The number of imidazole rings is 2. The van der Waals surface area contributed by atoms with Crippen LogP contribution in [0, 0.1) is 13.8 Å². The molecule has 3 heterocycles. The molecule has 30 heavy (non-hydrogen) atoms. The lowest BCUT2D eigenvalue weighted by molar-refractivity contribution is -0.695. The van der Waals surface area contributed by atoms with Gasteiger partial charge in [-0.25, -0.2) is 14.5 Å². The van der Waals surface area contributed by atoms with Crippen molar-refractivity contribution in [3.05, 3.63) is 90.3 Å². The summed E-state index contributed by atoms with van der Waals surface area (Å²) in [6.45, 7) is 5.19. The van der Waals surface area contributed by atoms with E-state index in [-0.39, 0.29) is 0 Å². The lowest BCUT2D eigenvalue weighted by atomic mass is 9.99. The fourth-order valence-corrected chi connectivity index (χ4v) is 3.69. The van der Waals surface area contributed by atoms with Crippen molar-refractivity contribution in [2.75, 3.05) is 0 Å². The van der Waals surface area contributed by atoms with Gasteiger partial charge in [0.2, 0.25) is 0 Å². The van der Waals surface area contributed by atoms with Crippen LogP contribution in [-0.2, 0) is 13.0 Å². The summed E-state index contributed by atoms with van der Waals surface area (Å²) in [6, 6.07) is 17.3. The molecule has 0 atom stereocenters.